The monoisotopic (exact) mass is 279 g/mol. The summed E-state index contributed by atoms with van der Waals surface area (Å²) in [5, 5.41) is 8.78. The van der Waals surface area contributed by atoms with Gasteiger partial charge in [0.2, 0.25) is 10.0 Å². The second kappa shape index (κ2) is 5.24. The Hall–Kier alpha value is -1.51. The van der Waals surface area contributed by atoms with Crippen LogP contribution in [-0.2, 0) is 10.0 Å². The highest BCUT2D eigenvalue weighted by atomic mass is 32.2. The molecule has 0 saturated carbocycles. The number of aliphatic hydroxyl groups excluding tert-OH is 1. The van der Waals surface area contributed by atoms with E-state index in [0.717, 1.165) is 5.56 Å². The van der Waals surface area contributed by atoms with Crippen molar-refractivity contribution >= 4 is 15.7 Å². The van der Waals surface area contributed by atoms with E-state index in [1.807, 2.05) is 26.0 Å². The van der Waals surface area contributed by atoms with Crippen LogP contribution in [-0.4, -0.2) is 32.4 Å². The normalized spacial score (nSPS) is 21.0. The summed E-state index contributed by atoms with van der Waals surface area (Å²) in [7, 11) is -3.25. The lowest BCUT2D eigenvalue weighted by Crippen LogP contribution is -2.26. The maximum atomic E-state index is 12.1. The Labute approximate surface area is 114 Å². The second-order valence-electron chi connectivity index (χ2n) is 4.90. The van der Waals surface area contributed by atoms with E-state index in [0.29, 0.717) is 17.8 Å². The van der Waals surface area contributed by atoms with Crippen molar-refractivity contribution in [2.45, 2.75) is 13.8 Å². The molecule has 19 heavy (non-hydrogen) atoms. The summed E-state index contributed by atoms with van der Waals surface area (Å²) in [4.78, 5) is 0. The molecule has 0 aromatic heterocycles. The van der Waals surface area contributed by atoms with Crippen molar-refractivity contribution in [2.75, 3.05) is 23.2 Å². The molecule has 1 saturated heterocycles. The lowest BCUT2D eigenvalue weighted by Gasteiger charge is -2.19. The Morgan fingerprint density at radius 1 is 1.47 bits per heavy atom. The number of anilines is 1. The average molecular weight is 279 g/mol. The van der Waals surface area contributed by atoms with Crippen LogP contribution >= 0.6 is 0 Å². The van der Waals surface area contributed by atoms with E-state index >= 15 is 0 Å². The highest BCUT2D eigenvalue weighted by Gasteiger charge is 2.34. The Morgan fingerprint density at radius 3 is 2.79 bits per heavy atom. The Morgan fingerprint density at radius 2 is 2.21 bits per heavy atom. The van der Waals surface area contributed by atoms with Crippen molar-refractivity contribution in [3.05, 3.63) is 29.3 Å². The molecule has 1 atom stereocenters. The number of rotatable bonds is 1. The third-order valence-corrected chi connectivity index (χ3v) is 5.04. The summed E-state index contributed by atoms with van der Waals surface area (Å²) in [5.74, 6) is 5.67. The standard InChI is InChI=1S/C14H17NO3S/c1-11-5-6-13(4-3-7-16)14(8-11)15-9-12(2)10-19(15,17)18/h5-6,8,12,16H,7,9-10H2,1-2H3. The molecule has 1 aromatic carbocycles. The van der Waals surface area contributed by atoms with E-state index in [-0.39, 0.29) is 18.3 Å². The van der Waals surface area contributed by atoms with E-state index in [1.54, 1.807) is 6.07 Å². The van der Waals surface area contributed by atoms with E-state index in [1.165, 1.54) is 4.31 Å². The number of hydrogen-bond acceptors (Lipinski definition) is 3. The van der Waals surface area contributed by atoms with Gasteiger partial charge in [-0.15, -0.1) is 0 Å². The largest absolute Gasteiger partial charge is 0.384 e. The number of sulfonamides is 1. The van der Waals surface area contributed by atoms with Gasteiger partial charge >= 0.3 is 0 Å². The lowest BCUT2D eigenvalue weighted by atomic mass is 10.1. The van der Waals surface area contributed by atoms with Crippen LogP contribution in [0.2, 0.25) is 0 Å². The van der Waals surface area contributed by atoms with E-state index < -0.39 is 10.0 Å². The van der Waals surface area contributed by atoms with Crippen molar-refractivity contribution in [3.8, 4) is 11.8 Å². The van der Waals surface area contributed by atoms with Crippen LogP contribution in [0, 0.1) is 24.7 Å². The molecule has 0 amide bonds. The molecular weight excluding hydrogens is 262 g/mol. The molecule has 2 rings (SSSR count). The second-order valence-corrected chi connectivity index (χ2v) is 6.83. The van der Waals surface area contributed by atoms with Gasteiger partial charge in [-0.2, -0.15) is 0 Å². The minimum absolute atomic E-state index is 0.115. The number of benzene rings is 1. The minimum Gasteiger partial charge on any atom is -0.384 e. The number of nitrogens with zero attached hydrogens (tertiary/aromatic N) is 1. The molecule has 0 radical (unpaired) electrons. The number of hydrogen-bond donors (Lipinski definition) is 1. The maximum Gasteiger partial charge on any atom is 0.235 e. The minimum atomic E-state index is -3.25. The molecule has 102 valence electrons. The lowest BCUT2D eigenvalue weighted by molar-refractivity contribution is 0.350. The van der Waals surface area contributed by atoms with Gasteiger partial charge in [0.1, 0.15) is 6.61 Å². The summed E-state index contributed by atoms with van der Waals surface area (Å²) in [6.45, 7) is 4.08. The van der Waals surface area contributed by atoms with Crippen LogP contribution < -0.4 is 4.31 Å². The molecule has 1 aliphatic rings. The predicted octanol–water partition coefficient (Wildman–Crippen LogP) is 1.12. The van der Waals surface area contributed by atoms with Gasteiger partial charge < -0.3 is 5.11 Å². The highest BCUT2D eigenvalue weighted by Crippen LogP contribution is 2.30. The molecule has 1 N–H and O–H groups in total. The van der Waals surface area contributed by atoms with E-state index in [9.17, 15) is 8.42 Å². The molecular formula is C14H17NO3S. The van der Waals surface area contributed by atoms with Crippen molar-refractivity contribution in [3.63, 3.8) is 0 Å². The van der Waals surface area contributed by atoms with E-state index in [2.05, 4.69) is 11.8 Å². The van der Waals surface area contributed by atoms with Gasteiger partial charge in [0.25, 0.3) is 0 Å². The van der Waals surface area contributed by atoms with Crippen LogP contribution in [0.25, 0.3) is 0 Å². The zero-order valence-electron chi connectivity index (χ0n) is 11.0. The Kier molecular flexibility index (Phi) is 3.83. The van der Waals surface area contributed by atoms with Crippen LogP contribution in [0.5, 0.6) is 0 Å². The average Bonchev–Trinajstić information content (AvgIpc) is 2.60. The molecule has 1 unspecified atom stereocenters. The molecule has 5 heteroatoms. The number of aryl methyl sites for hydroxylation is 1. The molecule has 1 heterocycles. The van der Waals surface area contributed by atoms with Crippen LogP contribution in [0.1, 0.15) is 18.1 Å². The molecule has 0 aliphatic carbocycles. The fourth-order valence-electron chi connectivity index (χ4n) is 2.24. The van der Waals surface area contributed by atoms with Gasteiger partial charge in [-0.25, -0.2) is 8.42 Å². The SMILES string of the molecule is Cc1ccc(C#CCO)c(N2CC(C)CS2(=O)=O)c1. The van der Waals surface area contributed by atoms with Gasteiger partial charge in [0, 0.05) is 12.1 Å². The summed E-state index contributed by atoms with van der Waals surface area (Å²) in [6, 6.07) is 5.51. The zero-order valence-corrected chi connectivity index (χ0v) is 11.9. The molecule has 1 fully saturated rings. The van der Waals surface area contributed by atoms with Crippen LogP contribution in [0.4, 0.5) is 5.69 Å². The summed E-state index contributed by atoms with van der Waals surface area (Å²) >= 11 is 0. The maximum absolute atomic E-state index is 12.1. The molecule has 4 nitrogen and oxygen atoms in total. The fraction of sp³-hybridized carbons (Fsp3) is 0.429. The van der Waals surface area contributed by atoms with Gasteiger partial charge in [-0.3, -0.25) is 4.31 Å². The Bertz CT molecular complexity index is 640. The third kappa shape index (κ3) is 2.91. The topological polar surface area (TPSA) is 57.6 Å². The fourth-order valence-corrected chi connectivity index (χ4v) is 4.17. The first kappa shape index (κ1) is 13.9. The molecule has 0 spiro atoms. The summed E-state index contributed by atoms with van der Waals surface area (Å²) < 4.78 is 25.7. The van der Waals surface area contributed by atoms with E-state index in [4.69, 9.17) is 5.11 Å². The first-order valence-corrected chi connectivity index (χ1v) is 7.76. The predicted molar refractivity (Wildman–Crippen MR) is 75.4 cm³/mol. The smallest absolute Gasteiger partial charge is 0.235 e. The third-order valence-electron chi connectivity index (χ3n) is 3.03. The first-order valence-electron chi connectivity index (χ1n) is 6.15. The Balaban J connectivity index is 2.52. The molecule has 0 bridgehead atoms. The van der Waals surface area contributed by atoms with Crippen molar-refractivity contribution < 1.29 is 13.5 Å². The molecule has 1 aliphatic heterocycles. The summed E-state index contributed by atoms with van der Waals surface area (Å²) in [6.07, 6.45) is 0. The van der Waals surface area contributed by atoms with Crippen molar-refractivity contribution in [1.29, 1.82) is 0 Å². The highest BCUT2D eigenvalue weighted by molar-refractivity contribution is 7.93. The zero-order chi connectivity index (χ0) is 14.0. The quantitative estimate of drug-likeness (QED) is 0.784. The first-order chi connectivity index (χ1) is 8.94. The van der Waals surface area contributed by atoms with Gasteiger partial charge in [0.05, 0.1) is 11.4 Å². The number of aliphatic hydroxyl groups is 1. The van der Waals surface area contributed by atoms with Crippen LogP contribution in [0.15, 0.2) is 18.2 Å². The van der Waals surface area contributed by atoms with Gasteiger partial charge in [-0.05, 0) is 30.5 Å². The molecule has 1 aromatic rings. The van der Waals surface area contributed by atoms with Gasteiger partial charge in [0.15, 0.2) is 0 Å². The van der Waals surface area contributed by atoms with Crippen molar-refractivity contribution in [1.82, 2.24) is 0 Å². The van der Waals surface area contributed by atoms with Crippen LogP contribution in [0.3, 0.4) is 0 Å². The van der Waals surface area contributed by atoms with Gasteiger partial charge in [-0.1, -0.05) is 24.8 Å². The summed E-state index contributed by atoms with van der Waals surface area (Å²) in [5.41, 5.74) is 2.24. The van der Waals surface area contributed by atoms with Crippen molar-refractivity contribution in [2.24, 2.45) is 5.92 Å².